The van der Waals surface area contributed by atoms with Crippen molar-refractivity contribution in [1.29, 1.82) is 0 Å². The van der Waals surface area contributed by atoms with Crippen LogP contribution >= 0.6 is 11.6 Å². The van der Waals surface area contributed by atoms with Crippen LogP contribution in [0.1, 0.15) is 61.9 Å². The smallest absolute Gasteiger partial charge is 0.321 e. The fraction of sp³-hybridized carbons (Fsp3) is 0.481. The second-order valence-corrected chi connectivity index (χ2v) is 11.9. The molecule has 2 aromatic rings. The summed E-state index contributed by atoms with van der Waals surface area (Å²) in [5.74, 6) is -0.991. The van der Waals surface area contributed by atoms with Crippen LogP contribution in [0.25, 0.3) is 0 Å². The molecule has 8 heteroatoms. The monoisotopic (exact) mass is 519 g/mol. The summed E-state index contributed by atoms with van der Waals surface area (Å²) in [5.41, 5.74) is 1.37. The van der Waals surface area contributed by atoms with E-state index in [0.29, 0.717) is 35.8 Å². The highest BCUT2D eigenvalue weighted by Crippen LogP contribution is 2.34. The van der Waals surface area contributed by atoms with Crippen LogP contribution in [-0.4, -0.2) is 43.7 Å². The highest BCUT2D eigenvalue weighted by molar-refractivity contribution is 7.89. The molecule has 0 saturated heterocycles. The molecule has 1 aliphatic carbocycles. The number of ether oxygens (including phenoxy) is 1. The highest BCUT2D eigenvalue weighted by Gasteiger charge is 2.42. The van der Waals surface area contributed by atoms with Crippen molar-refractivity contribution in [2.45, 2.75) is 63.8 Å². The molecule has 0 aromatic heterocycles. The van der Waals surface area contributed by atoms with Gasteiger partial charge in [-0.1, -0.05) is 68.1 Å². The van der Waals surface area contributed by atoms with Crippen LogP contribution in [0.4, 0.5) is 0 Å². The second-order valence-electron chi connectivity index (χ2n) is 9.60. The SMILES string of the molecule is Cc1ccc(S(=O)(=O)N(CC(=O)OCCC(C)C)C2CCCCC2C(=O)c2cccc(Cl)c2)cc1. The van der Waals surface area contributed by atoms with Crippen LogP contribution in [0, 0.1) is 18.8 Å². The third-order valence-electron chi connectivity index (χ3n) is 6.42. The molecule has 0 aliphatic heterocycles. The lowest BCUT2D eigenvalue weighted by atomic mass is 9.79. The van der Waals surface area contributed by atoms with Crippen molar-refractivity contribution in [3.8, 4) is 0 Å². The number of sulfonamides is 1. The number of halogens is 1. The zero-order chi connectivity index (χ0) is 25.6. The van der Waals surface area contributed by atoms with Crippen molar-refractivity contribution >= 4 is 33.4 Å². The molecule has 1 aliphatic rings. The number of hydrogen-bond donors (Lipinski definition) is 0. The highest BCUT2D eigenvalue weighted by atomic mass is 35.5. The Hall–Kier alpha value is -2.22. The Bertz CT molecular complexity index is 1130. The molecule has 0 heterocycles. The minimum atomic E-state index is -4.06. The molecule has 0 radical (unpaired) electrons. The van der Waals surface area contributed by atoms with E-state index in [-0.39, 0.29) is 17.3 Å². The minimum absolute atomic E-state index is 0.0950. The van der Waals surface area contributed by atoms with E-state index in [0.717, 1.165) is 18.4 Å². The zero-order valence-corrected chi connectivity index (χ0v) is 22.1. The Balaban J connectivity index is 1.95. The van der Waals surface area contributed by atoms with E-state index >= 15 is 0 Å². The van der Waals surface area contributed by atoms with Gasteiger partial charge >= 0.3 is 5.97 Å². The van der Waals surface area contributed by atoms with E-state index < -0.39 is 34.5 Å². The summed E-state index contributed by atoms with van der Waals surface area (Å²) < 4.78 is 34.2. The van der Waals surface area contributed by atoms with Crippen LogP contribution in [0.3, 0.4) is 0 Å². The van der Waals surface area contributed by atoms with Gasteiger partial charge in [0, 0.05) is 22.5 Å². The van der Waals surface area contributed by atoms with Gasteiger partial charge in [-0.05, 0) is 56.4 Å². The summed E-state index contributed by atoms with van der Waals surface area (Å²) in [6, 6.07) is 12.6. The van der Waals surface area contributed by atoms with Gasteiger partial charge in [0.15, 0.2) is 5.78 Å². The number of carbonyl (C=O) groups excluding carboxylic acids is 2. The fourth-order valence-corrected chi connectivity index (χ4v) is 6.25. The van der Waals surface area contributed by atoms with Gasteiger partial charge in [0.25, 0.3) is 0 Å². The van der Waals surface area contributed by atoms with Crippen LogP contribution in [0.5, 0.6) is 0 Å². The van der Waals surface area contributed by atoms with E-state index in [9.17, 15) is 18.0 Å². The molecule has 190 valence electrons. The predicted molar refractivity (Wildman–Crippen MR) is 137 cm³/mol. The molecule has 0 N–H and O–H groups in total. The molecule has 3 rings (SSSR count). The normalized spacial score (nSPS) is 18.6. The predicted octanol–water partition coefficient (Wildman–Crippen LogP) is 5.67. The van der Waals surface area contributed by atoms with Crippen LogP contribution in [0.15, 0.2) is 53.4 Å². The Morgan fingerprint density at radius 1 is 1.09 bits per heavy atom. The lowest BCUT2D eigenvalue weighted by molar-refractivity contribution is -0.144. The van der Waals surface area contributed by atoms with Crippen molar-refractivity contribution in [2.75, 3.05) is 13.2 Å². The van der Waals surface area contributed by atoms with Crippen molar-refractivity contribution in [3.63, 3.8) is 0 Å². The van der Waals surface area contributed by atoms with Crippen molar-refractivity contribution in [3.05, 3.63) is 64.7 Å². The van der Waals surface area contributed by atoms with Gasteiger partial charge < -0.3 is 4.74 Å². The molecule has 2 aromatic carbocycles. The molecule has 2 unspecified atom stereocenters. The lowest BCUT2D eigenvalue weighted by Gasteiger charge is -2.38. The first-order valence-electron chi connectivity index (χ1n) is 12.1. The van der Waals surface area contributed by atoms with Gasteiger partial charge in [0.1, 0.15) is 6.54 Å². The topological polar surface area (TPSA) is 80.8 Å². The summed E-state index contributed by atoms with van der Waals surface area (Å²) in [5, 5.41) is 0.445. The summed E-state index contributed by atoms with van der Waals surface area (Å²) in [6.45, 7) is 5.72. The Labute approximate surface area is 213 Å². The number of carbonyl (C=O) groups is 2. The molecule has 1 fully saturated rings. The second kappa shape index (κ2) is 12.2. The number of esters is 1. The van der Waals surface area contributed by atoms with Crippen molar-refractivity contribution in [1.82, 2.24) is 4.31 Å². The van der Waals surface area contributed by atoms with E-state index in [1.54, 1.807) is 48.5 Å². The average Bonchev–Trinajstić information content (AvgIpc) is 2.82. The number of nitrogens with zero attached hydrogens (tertiary/aromatic N) is 1. The number of ketones is 1. The maximum atomic E-state index is 13.8. The maximum Gasteiger partial charge on any atom is 0.321 e. The molecular weight excluding hydrogens is 486 g/mol. The third-order valence-corrected chi connectivity index (χ3v) is 8.54. The zero-order valence-electron chi connectivity index (χ0n) is 20.6. The Morgan fingerprint density at radius 2 is 1.77 bits per heavy atom. The maximum absolute atomic E-state index is 13.8. The Morgan fingerprint density at radius 3 is 2.43 bits per heavy atom. The van der Waals surface area contributed by atoms with Gasteiger partial charge in [-0.25, -0.2) is 8.42 Å². The quantitative estimate of drug-likeness (QED) is 0.298. The van der Waals surface area contributed by atoms with Gasteiger partial charge in [0.2, 0.25) is 10.0 Å². The molecule has 6 nitrogen and oxygen atoms in total. The minimum Gasteiger partial charge on any atom is -0.465 e. The molecule has 0 amide bonds. The van der Waals surface area contributed by atoms with E-state index in [2.05, 4.69) is 0 Å². The number of Topliss-reactive ketones (excluding diaryl/α,β-unsaturated/α-hetero) is 1. The summed E-state index contributed by atoms with van der Waals surface area (Å²) in [4.78, 5) is 26.4. The first kappa shape index (κ1) is 27.4. The Kier molecular flexibility index (Phi) is 9.50. The first-order valence-corrected chi connectivity index (χ1v) is 14.0. The first-order chi connectivity index (χ1) is 16.6. The van der Waals surface area contributed by atoms with Crippen LogP contribution < -0.4 is 0 Å². The van der Waals surface area contributed by atoms with Gasteiger partial charge in [-0.2, -0.15) is 4.31 Å². The van der Waals surface area contributed by atoms with E-state index in [1.807, 2.05) is 20.8 Å². The molecule has 35 heavy (non-hydrogen) atoms. The van der Waals surface area contributed by atoms with E-state index in [4.69, 9.17) is 16.3 Å². The van der Waals surface area contributed by atoms with Crippen molar-refractivity contribution in [2.24, 2.45) is 11.8 Å². The lowest BCUT2D eigenvalue weighted by Crippen LogP contribution is -2.50. The fourth-order valence-electron chi connectivity index (χ4n) is 4.43. The van der Waals surface area contributed by atoms with Crippen molar-refractivity contribution < 1.29 is 22.7 Å². The molecular formula is C27H34ClNO5S. The molecule has 1 saturated carbocycles. The van der Waals surface area contributed by atoms with Gasteiger partial charge in [-0.15, -0.1) is 0 Å². The molecule has 0 bridgehead atoms. The summed E-state index contributed by atoms with van der Waals surface area (Å²) in [7, 11) is -4.06. The largest absolute Gasteiger partial charge is 0.465 e. The van der Waals surface area contributed by atoms with E-state index in [1.165, 1.54) is 4.31 Å². The van der Waals surface area contributed by atoms with Crippen LogP contribution in [0.2, 0.25) is 5.02 Å². The average molecular weight is 520 g/mol. The number of aryl methyl sites for hydroxylation is 1. The number of benzene rings is 2. The van der Waals surface area contributed by atoms with Crippen LogP contribution in [-0.2, 0) is 19.6 Å². The standard InChI is InChI=1S/C27H34ClNO5S/c1-19(2)15-16-34-26(30)18-29(35(32,33)23-13-11-20(3)12-14-23)25-10-5-4-9-24(25)27(31)21-7-6-8-22(28)17-21/h6-8,11-14,17,19,24-25H,4-5,9-10,15-16,18H2,1-3H3. The number of rotatable bonds is 10. The summed E-state index contributed by atoms with van der Waals surface area (Å²) >= 11 is 6.11. The molecule has 0 spiro atoms. The summed E-state index contributed by atoms with van der Waals surface area (Å²) in [6.07, 6.45) is 3.30. The van der Waals surface area contributed by atoms with Gasteiger partial charge in [-0.3, -0.25) is 9.59 Å². The third kappa shape index (κ3) is 7.15. The van der Waals surface area contributed by atoms with Gasteiger partial charge in [0.05, 0.1) is 11.5 Å². The molecule has 2 atom stereocenters. The number of hydrogen-bond acceptors (Lipinski definition) is 5.